The van der Waals surface area contributed by atoms with Gasteiger partial charge in [0.05, 0.1) is 5.60 Å². The lowest BCUT2D eigenvalue weighted by Gasteiger charge is -2.24. The molecule has 1 aliphatic heterocycles. The number of hydrogen-bond acceptors (Lipinski definition) is 4. The highest BCUT2D eigenvalue weighted by Crippen LogP contribution is 2.43. The summed E-state index contributed by atoms with van der Waals surface area (Å²) in [7, 11) is 0. The van der Waals surface area contributed by atoms with Crippen LogP contribution in [0.2, 0.25) is 0 Å². The number of aryl methyl sites for hydroxylation is 2. The van der Waals surface area contributed by atoms with Crippen molar-refractivity contribution in [3.8, 4) is 23.0 Å². The van der Waals surface area contributed by atoms with E-state index in [-0.39, 0.29) is 11.9 Å². The van der Waals surface area contributed by atoms with Crippen molar-refractivity contribution in [2.75, 3.05) is 0 Å². The summed E-state index contributed by atoms with van der Waals surface area (Å²) in [4.78, 5) is 0. The average Bonchev–Trinajstić information content (AvgIpc) is 2.98. The summed E-state index contributed by atoms with van der Waals surface area (Å²) in [6.45, 7) is 11.6. The van der Waals surface area contributed by atoms with E-state index in [0.29, 0.717) is 17.9 Å². The number of benzene rings is 2. The van der Waals surface area contributed by atoms with Crippen LogP contribution >= 0.6 is 0 Å². The largest absolute Gasteiger partial charge is 0.508 e. The second-order valence-electron chi connectivity index (χ2n) is 8.53. The molecule has 28 heavy (non-hydrogen) atoms. The second kappa shape index (κ2) is 7.51. The summed E-state index contributed by atoms with van der Waals surface area (Å²) in [6.07, 6.45) is 3.15. The van der Waals surface area contributed by atoms with Gasteiger partial charge in [0.2, 0.25) is 0 Å². The highest BCUT2D eigenvalue weighted by atomic mass is 16.5. The molecule has 4 heteroatoms. The SMILES string of the molecule is CC(C)=CCc1c(C)cc(O)cc1Oc1cc(C)cc2c1CC(C(C)(C)O)O2. The zero-order valence-electron chi connectivity index (χ0n) is 17.6. The van der Waals surface area contributed by atoms with Gasteiger partial charge in [0.15, 0.2) is 0 Å². The van der Waals surface area contributed by atoms with Crippen LogP contribution in [0.1, 0.15) is 49.9 Å². The Balaban J connectivity index is 2.01. The van der Waals surface area contributed by atoms with E-state index in [1.54, 1.807) is 26.0 Å². The lowest BCUT2D eigenvalue weighted by molar-refractivity contribution is -0.0229. The zero-order chi connectivity index (χ0) is 20.6. The van der Waals surface area contributed by atoms with Gasteiger partial charge in [0.1, 0.15) is 29.1 Å². The maximum absolute atomic E-state index is 10.4. The third-order valence-electron chi connectivity index (χ3n) is 5.11. The summed E-state index contributed by atoms with van der Waals surface area (Å²) in [5.41, 5.74) is 4.30. The van der Waals surface area contributed by atoms with Crippen LogP contribution < -0.4 is 9.47 Å². The van der Waals surface area contributed by atoms with Gasteiger partial charge in [-0.25, -0.2) is 0 Å². The molecule has 0 amide bonds. The van der Waals surface area contributed by atoms with Crippen LogP contribution in [-0.4, -0.2) is 21.9 Å². The molecule has 0 radical (unpaired) electrons. The lowest BCUT2D eigenvalue weighted by atomic mass is 9.96. The van der Waals surface area contributed by atoms with Crippen molar-refractivity contribution >= 4 is 0 Å². The third kappa shape index (κ3) is 4.33. The molecule has 0 saturated carbocycles. The minimum Gasteiger partial charge on any atom is -0.508 e. The Bertz CT molecular complexity index is 915. The summed E-state index contributed by atoms with van der Waals surface area (Å²) in [6, 6.07) is 7.39. The molecule has 3 rings (SSSR count). The molecule has 0 bridgehead atoms. The lowest BCUT2D eigenvalue weighted by Crippen LogP contribution is -2.39. The molecule has 150 valence electrons. The molecule has 0 aromatic heterocycles. The second-order valence-corrected chi connectivity index (χ2v) is 8.53. The Labute approximate surface area is 167 Å². The van der Waals surface area contributed by atoms with Gasteiger partial charge in [-0.1, -0.05) is 11.6 Å². The van der Waals surface area contributed by atoms with Crippen molar-refractivity contribution in [3.63, 3.8) is 0 Å². The van der Waals surface area contributed by atoms with Crippen molar-refractivity contribution < 1.29 is 19.7 Å². The summed E-state index contributed by atoms with van der Waals surface area (Å²) >= 11 is 0. The molecule has 0 fully saturated rings. The van der Waals surface area contributed by atoms with Crippen LogP contribution in [0.15, 0.2) is 35.9 Å². The summed E-state index contributed by atoms with van der Waals surface area (Å²) in [5.74, 6) is 2.30. The Morgan fingerprint density at radius 2 is 1.89 bits per heavy atom. The first-order valence-corrected chi connectivity index (χ1v) is 9.71. The van der Waals surface area contributed by atoms with Crippen molar-refractivity contribution in [1.82, 2.24) is 0 Å². The number of aliphatic hydroxyl groups is 1. The minimum absolute atomic E-state index is 0.184. The van der Waals surface area contributed by atoms with Crippen LogP contribution in [0.5, 0.6) is 23.0 Å². The topological polar surface area (TPSA) is 58.9 Å². The monoisotopic (exact) mass is 382 g/mol. The fraction of sp³-hybridized carbons (Fsp3) is 0.417. The first kappa shape index (κ1) is 20.3. The summed E-state index contributed by atoms with van der Waals surface area (Å²) < 4.78 is 12.3. The van der Waals surface area contributed by atoms with Gasteiger partial charge in [0.25, 0.3) is 0 Å². The molecular weight excluding hydrogens is 352 g/mol. The van der Waals surface area contributed by atoms with E-state index in [9.17, 15) is 10.2 Å². The number of phenolic OH excluding ortho intramolecular Hbond substituents is 1. The van der Waals surface area contributed by atoms with Gasteiger partial charge in [-0.3, -0.25) is 0 Å². The quantitative estimate of drug-likeness (QED) is 0.681. The molecule has 0 spiro atoms. The van der Waals surface area contributed by atoms with Gasteiger partial charge < -0.3 is 19.7 Å². The molecule has 1 unspecified atom stereocenters. The standard InChI is InChI=1S/C24H30O4/c1-14(2)7-8-18-16(4)11-17(25)12-22(18)27-20-9-15(3)10-21-19(20)13-23(28-21)24(5,6)26/h7,9-12,23,25-26H,8,13H2,1-6H3. The van der Waals surface area contributed by atoms with Crippen molar-refractivity contribution in [2.24, 2.45) is 0 Å². The molecule has 1 heterocycles. The number of ether oxygens (including phenoxy) is 2. The van der Waals surface area contributed by atoms with E-state index in [1.165, 1.54) is 5.57 Å². The van der Waals surface area contributed by atoms with Crippen LogP contribution in [-0.2, 0) is 12.8 Å². The normalized spacial score (nSPS) is 15.8. The van der Waals surface area contributed by atoms with Gasteiger partial charge in [-0.05, 0) is 77.3 Å². The number of hydrogen-bond donors (Lipinski definition) is 2. The molecule has 2 aromatic rings. The van der Waals surface area contributed by atoms with Gasteiger partial charge in [-0.15, -0.1) is 0 Å². The van der Waals surface area contributed by atoms with E-state index in [0.717, 1.165) is 34.4 Å². The van der Waals surface area contributed by atoms with E-state index < -0.39 is 5.60 Å². The third-order valence-corrected chi connectivity index (χ3v) is 5.11. The van der Waals surface area contributed by atoms with Crippen LogP contribution in [0.3, 0.4) is 0 Å². The Kier molecular flexibility index (Phi) is 5.44. The first-order valence-electron chi connectivity index (χ1n) is 9.71. The van der Waals surface area contributed by atoms with Crippen LogP contribution in [0, 0.1) is 13.8 Å². The van der Waals surface area contributed by atoms with Crippen molar-refractivity contribution in [2.45, 2.75) is 66.1 Å². The Hall–Kier alpha value is -2.46. The first-order chi connectivity index (χ1) is 13.0. The van der Waals surface area contributed by atoms with Crippen molar-refractivity contribution in [1.29, 1.82) is 0 Å². The summed E-state index contributed by atoms with van der Waals surface area (Å²) in [5, 5.41) is 20.5. The van der Waals surface area contributed by atoms with E-state index in [4.69, 9.17) is 9.47 Å². The number of allylic oxidation sites excluding steroid dienone is 2. The van der Waals surface area contributed by atoms with E-state index >= 15 is 0 Å². The Morgan fingerprint density at radius 3 is 2.54 bits per heavy atom. The molecular formula is C24H30O4. The highest BCUT2D eigenvalue weighted by Gasteiger charge is 2.36. The number of aromatic hydroxyl groups is 1. The molecule has 1 aliphatic rings. The minimum atomic E-state index is -0.944. The number of phenols is 1. The van der Waals surface area contributed by atoms with Crippen LogP contribution in [0.4, 0.5) is 0 Å². The predicted octanol–water partition coefficient (Wildman–Crippen LogP) is 5.38. The van der Waals surface area contributed by atoms with Gasteiger partial charge in [0, 0.05) is 23.6 Å². The maximum Gasteiger partial charge on any atom is 0.134 e. The van der Waals surface area contributed by atoms with Gasteiger partial charge in [-0.2, -0.15) is 0 Å². The number of rotatable bonds is 5. The fourth-order valence-electron chi connectivity index (χ4n) is 3.47. The predicted molar refractivity (Wildman–Crippen MR) is 112 cm³/mol. The number of fused-ring (bicyclic) bond motifs is 1. The van der Waals surface area contributed by atoms with Crippen molar-refractivity contribution in [3.05, 3.63) is 58.2 Å². The maximum atomic E-state index is 10.4. The van der Waals surface area contributed by atoms with Gasteiger partial charge >= 0.3 is 0 Å². The van der Waals surface area contributed by atoms with E-state index in [2.05, 4.69) is 19.9 Å². The molecule has 0 aliphatic carbocycles. The molecule has 4 nitrogen and oxygen atoms in total. The highest BCUT2D eigenvalue weighted by molar-refractivity contribution is 5.54. The zero-order valence-corrected chi connectivity index (χ0v) is 17.6. The molecule has 2 aromatic carbocycles. The Morgan fingerprint density at radius 1 is 1.18 bits per heavy atom. The van der Waals surface area contributed by atoms with E-state index in [1.807, 2.05) is 26.0 Å². The molecule has 2 N–H and O–H groups in total. The molecule has 1 atom stereocenters. The average molecular weight is 383 g/mol. The van der Waals surface area contributed by atoms with Crippen LogP contribution in [0.25, 0.3) is 0 Å². The smallest absolute Gasteiger partial charge is 0.134 e. The molecule has 0 saturated heterocycles. The fourth-order valence-corrected chi connectivity index (χ4v) is 3.47.